The third kappa shape index (κ3) is 8.75. The van der Waals surface area contributed by atoms with Gasteiger partial charge in [-0.15, -0.1) is 0 Å². The molecule has 8 rings (SSSR count). The van der Waals surface area contributed by atoms with E-state index in [2.05, 4.69) is 54.5 Å². The lowest BCUT2D eigenvalue weighted by Crippen LogP contribution is -2.70. The first-order valence-corrected chi connectivity index (χ1v) is 25.5. The van der Waals surface area contributed by atoms with E-state index >= 15 is 0 Å². The van der Waals surface area contributed by atoms with E-state index in [-0.39, 0.29) is 53.6 Å². The van der Waals surface area contributed by atoms with Crippen molar-refractivity contribution in [3.05, 3.63) is 11.6 Å². The molecule has 0 spiro atoms. The van der Waals surface area contributed by atoms with Crippen LogP contribution >= 0.6 is 0 Å². The molecule has 5 aliphatic carbocycles. The summed E-state index contributed by atoms with van der Waals surface area (Å²) in [5.41, 5.74) is -2.00. The standard InChI is InChI=1S/C50H82O20/c1-45(2)17-23-22-8-9-28-47(5)13-11-31(69-44-40(64)41(35(59)25(67-44)16-32(55)56)70-43-39(63)37(61)34(58)26(20-52)68-43)46(3,4)27(47)10-14-48(28,6)49(22,7)19-30(54)50(23,29(53)18-45)21-65-42-38(62)36(60)33(57)24(66-42)12-15-51/h8,23-31,33-44,51-54,57-64H,9-21H2,1-7H3,(H,55,56)/t23-,24+,25+,26+,27-,28+,29-,30-,31-,33+,34+,35+,36-,37-,38+,39+,40+,41-,42+,43-,44-,47-,48+,49+,50+/m0/s1. The second-order valence-electron chi connectivity index (χ2n) is 24.5. The van der Waals surface area contributed by atoms with Crippen LogP contribution < -0.4 is 0 Å². The Morgan fingerprint density at radius 3 is 1.90 bits per heavy atom. The molecule has 20 nitrogen and oxygen atoms in total. The van der Waals surface area contributed by atoms with Crippen molar-refractivity contribution < 1.29 is 99.6 Å². The second kappa shape index (κ2) is 19.6. The minimum absolute atomic E-state index is 0.00126. The van der Waals surface area contributed by atoms with Crippen molar-refractivity contribution >= 4 is 5.97 Å². The number of hydrogen-bond acceptors (Lipinski definition) is 19. The van der Waals surface area contributed by atoms with Crippen molar-refractivity contribution in [2.45, 2.75) is 223 Å². The zero-order valence-corrected chi connectivity index (χ0v) is 41.6. The van der Waals surface area contributed by atoms with Crippen molar-refractivity contribution in [3.63, 3.8) is 0 Å². The van der Waals surface area contributed by atoms with Crippen molar-refractivity contribution in [2.75, 3.05) is 19.8 Å². The molecule has 7 fully saturated rings. The Balaban J connectivity index is 1.04. The van der Waals surface area contributed by atoms with E-state index < -0.39 is 146 Å². The smallest absolute Gasteiger partial charge is 0.306 e. The number of rotatable bonds is 12. The molecule has 8 aliphatic rings. The van der Waals surface area contributed by atoms with Crippen LogP contribution in [0.1, 0.15) is 113 Å². The minimum Gasteiger partial charge on any atom is -0.481 e. The summed E-state index contributed by atoms with van der Waals surface area (Å²) in [6, 6.07) is 0. The second-order valence-corrected chi connectivity index (χ2v) is 24.5. The Kier molecular flexibility index (Phi) is 15.3. The lowest BCUT2D eigenvalue weighted by molar-refractivity contribution is -0.368. The van der Waals surface area contributed by atoms with Crippen molar-refractivity contribution in [1.82, 2.24) is 0 Å². The molecule has 0 aromatic rings. The maximum atomic E-state index is 12.7. The predicted molar refractivity (Wildman–Crippen MR) is 243 cm³/mol. The fraction of sp³-hybridized carbons (Fsp3) is 0.940. The molecule has 0 amide bonds. The fourth-order valence-electron chi connectivity index (χ4n) is 15.8. The first kappa shape index (κ1) is 54.7. The molecule has 70 heavy (non-hydrogen) atoms. The van der Waals surface area contributed by atoms with Crippen LogP contribution in [-0.4, -0.2) is 203 Å². The first-order valence-electron chi connectivity index (χ1n) is 25.5. The van der Waals surface area contributed by atoms with Gasteiger partial charge in [0.05, 0.1) is 55.6 Å². The molecule has 402 valence electrons. The van der Waals surface area contributed by atoms with Gasteiger partial charge in [-0.05, 0) is 103 Å². The Hall–Kier alpha value is -1.51. The van der Waals surface area contributed by atoms with Gasteiger partial charge in [0.15, 0.2) is 18.9 Å². The van der Waals surface area contributed by atoms with Gasteiger partial charge in [0, 0.05) is 6.61 Å². The number of ether oxygens (including phenoxy) is 6. The van der Waals surface area contributed by atoms with Crippen LogP contribution in [0, 0.1) is 50.2 Å². The maximum absolute atomic E-state index is 12.7. The number of carboxylic acid groups (broad SMARTS) is 1. The molecule has 0 unspecified atom stereocenters. The molecule has 0 aromatic carbocycles. The number of aliphatic hydroxyl groups is 12. The molecule has 13 N–H and O–H groups in total. The van der Waals surface area contributed by atoms with Crippen LogP contribution in [0.25, 0.3) is 0 Å². The van der Waals surface area contributed by atoms with Crippen LogP contribution in [0.4, 0.5) is 0 Å². The third-order valence-electron chi connectivity index (χ3n) is 19.9. The topological polar surface area (TPSA) is 335 Å². The van der Waals surface area contributed by atoms with Crippen LogP contribution in [0.2, 0.25) is 0 Å². The molecule has 4 saturated carbocycles. The molecule has 0 bridgehead atoms. The van der Waals surface area contributed by atoms with Crippen LogP contribution in [0.3, 0.4) is 0 Å². The zero-order chi connectivity index (χ0) is 51.4. The van der Waals surface area contributed by atoms with Gasteiger partial charge < -0.3 is 94.8 Å². The minimum atomic E-state index is -1.86. The lowest BCUT2D eigenvalue weighted by atomic mass is 9.33. The summed E-state index contributed by atoms with van der Waals surface area (Å²) in [4.78, 5) is 12.0. The summed E-state index contributed by atoms with van der Waals surface area (Å²) in [6.45, 7) is 14.2. The SMILES string of the molecule is CC1(C)C[C@H](O)[C@]2(CO[C@@H]3O[C@H](CCO)[C@@H](O)[C@H](O)[C@H]3O)[C@@H](O)C[C@]3(C)C(=CC[C@@H]4[C@@]5(C)CC[C@H](O[C@@H]6O[C@H](CC(=O)O)[C@@H](O)[C@H](O[C@@H]7O[C@H](CO)[C@@H](O)[C@H](O)[C@H]7O)[C@H]6O)C(C)(C)[C@@H]5CC[C@]43C)[C@@H]2C1. The molecule has 0 aromatic heterocycles. The number of aliphatic hydroxyl groups excluding tert-OH is 12. The quantitative estimate of drug-likeness (QED) is 0.0860. The Bertz CT molecular complexity index is 1900. The molecular formula is C50H82O20. The van der Waals surface area contributed by atoms with Crippen molar-refractivity contribution in [2.24, 2.45) is 50.2 Å². The summed E-state index contributed by atoms with van der Waals surface area (Å²) in [5, 5.41) is 141. The molecule has 3 aliphatic heterocycles. The molecule has 3 saturated heterocycles. The number of allylic oxidation sites excluding steroid dienone is 2. The Morgan fingerprint density at radius 2 is 1.26 bits per heavy atom. The third-order valence-corrected chi connectivity index (χ3v) is 19.9. The average molecular weight is 1000 g/mol. The normalized spacial score (nSPS) is 53.1. The van der Waals surface area contributed by atoms with Crippen LogP contribution in [0.5, 0.6) is 0 Å². The molecule has 3 heterocycles. The first-order chi connectivity index (χ1) is 32.6. The monoisotopic (exact) mass is 1000 g/mol. The Labute approximate surface area is 409 Å². The summed E-state index contributed by atoms with van der Waals surface area (Å²) in [5.74, 6) is -1.43. The number of carbonyl (C=O) groups is 1. The summed E-state index contributed by atoms with van der Waals surface area (Å²) in [6.07, 6.45) is -19.6. The highest BCUT2D eigenvalue weighted by atomic mass is 16.7. The van der Waals surface area contributed by atoms with Gasteiger partial charge in [0.1, 0.15) is 61.0 Å². The van der Waals surface area contributed by atoms with E-state index in [4.69, 9.17) is 28.4 Å². The van der Waals surface area contributed by atoms with Gasteiger partial charge in [-0.3, -0.25) is 4.79 Å². The van der Waals surface area contributed by atoms with E-state index in [0.29, 0.717) is 32.1 Å². The zero-order valence-electron chi connectivity index (χ0n) is 41.6. The summed E-state index contributed by atoms with van der Waals surface area (Å²) < 4.78 is 36.3. The number of fused-ring (bicyclic) bond motifs is 7. The maximum Gasteiger partial charge on any atom is 0.306 e. The highest BCUT2D eigenvalue weighted by Crippen LogP contribution is 2.76. The average Bonchev–Trinajstić information content (AvgIpc) is 3.27. The van der Waals surface area contributed by atoms with Crippen molar-refractivity contribution in [1.29, 1.82) is 0 Å². The van der Waals surface area contributed by atoms with Gasteiger partial charge in [-0.1, -0.05) is 60.1 Å². The van der Waals surface area contributed by atoms with Gasteiger partial charge in [-0.2, -0.15) is 0 Å². The number of aliphatic carboxylic acids is 1. The number of carboxylic acids is 1. The lowest BCUT2D eigenvalue weighted by Gasteiger charge is -2.72. The van der Waals surface area contributed by atoms with Crippen molar-refractivity contribution in [3.8, 4) is 0 Å². The highest BCUT2D eigenvalue weighted by Gasteiger charge is 2.72. The van der Waals surface area contributed by atoms with E-state index in [1.54, 1.807) is 0 Å². The molecule has 0 radical (unpaired) electrons. The van der Waals surface area contributed by atoms with E-state index in [1.165, 1.54) is 5.57 Å². The largest absolute Gasteiger partial charge is 0.481 e. The predicted octanol–water partition coefficient (Wildman–Crippen LogP) is -0.572. The van der Waals surface area contributed by atoms with Crippen LogP contribution in [0.15, 0.2) is 11.6 Å². The highest BCUT2D eigenvalue weighted by molar-refractivity contribution is 5.67. The van der Waals surface area contributed by atoms with E-state index in [9.17, 15) is 71.2 Å². The summed E-state index contributed by atoms with van der Waals surface area (Å²) >= 11 is 0. The van der Waals surface area contributed by atoms with Crippen LogP contribution in [-0.2, 0) is 33.2 Å². The molecule has 20 heteroatoms. The van der Waals surface area contributed by atoms with Gasteiger partial charge in [0.2, 0.25) is 0 Å². The van der Waals surface area contributed by atoms with Gasteiger partial charge in [-0.25, -0.2) is 0 Å². The molecule has 25 atom stereocenters. The Morgan fingerprint density at radius 1 is 0.657 bits per heavy atom. The summed E-state index contributed by atoms with van der Waals surface area (Å²) in [7, 11) is 0. The fourth-order valence-corrected chi connectivity index (χ4v) is 15.8. The number of hydrogen-bond donors (Lipinski definition) is 13. The molecular weight excluding hydrogens is 921 g/mol. The van der Waals surface area contributed by atoms with Gasteiger partial charge in [0.25, 0.3) is 0 Å². The van der Waals surface area contributed by atoms with E-state index in [1.807, 2.05) is 0 Å². The van der Waals surface area contributed by atoms with Gasteiger partial charge >= 0.3 is 5.97 Å². The van der Waals surface area contributed by atoms with E-state index in [0.717, 1.165) is 19.3 Å².